The molecule has 4 heteroatoms. The number of alkyl halides is 2. The highest BCUT2D eigenvalue weighted by molar-refractivity contribution is 9.12. The molecule has 0 N–H and O–H groups in total. The van der Waals surface area contributed by atoms with Crippen molar-refractivity contribution in [2.75, 3.05) is 11.9 Å². The molecule has 0 spiro atoms. The molecule has 11 heavy (non-hydrogen) atoms. The van der Waals surface area contributed by atoms with Gasteiger partial charge < -0.3 is 4.74 Å². The Morgan fingerprint density at radius 1 is 1.73 bits per heavy atom. The van der Waals surface area contributed by atoms with Crippen molar-refractivity contribution in [2.45, 2.75) is 11.8 Å². The maximum Gasteiger partial charge on any atom is 0.333 e. The molecule has 0 radical (unpaired) electrons. The Morgan fingerprint density at radius 3 is 2.64 bits per heavy atom. The van der Waals surface area contributed by atoms with Gasteiger partial charge in [0.1, 0.15) is 6.61 Å². The second kappa shape index (κ2) is 5.77. The molecule has 0 aliphatic carbocycles. The van der Waals surface area contributed by atoms with E-state index in [0.29, 0.717) is 12.2 Å². The van der Waals surface area contributed by atoms with Crippen LogP contribution in [0.25, 0.3) is 0 Å². The molecule has 64 valence electrons. The molecule has 0 heterocycles. The zero-order valence-electron chi connectivity index (χ0n) is 6.27. The van der Waals surface area contributed by atoms with Gasteiger partial charge in [-0.3, -0.25) is 0 Å². The van der Waals surface area contributed by atoms with Crippen molar-refractivity contribution in [3.05, 3.63) is 12.2 Å². The molecule has 0 aliphatic heterocycles. The molecule has 0 rings (SSSR count). The summed E-state index contributed by atoms with van der Waals surface area (Å²) in [6.45, 7) is 5.45. The molecular formula is C7H10Br2O2. The second-order valence-corrected chi connectivity index (χ2v) is 4.07. The van der Waals surface area contributed by atoms with Gasteiger partial charge in [0.2, 0.25) is 0 Å². The van der Waals surface area contributed by atoms with Crippen LogP contribution in [0, 0.1) is 0 Å². The van der Waals surface area contributed by atoms with Gasteiger partial charge in [0.05, 0.1) is 4.83 Å². The summed E-state index contributed by atoms with van der Waals surface area (Å²) < 4.78 is 4.84. The van der Waals surface area contributed by atoms with Crippen LogP contribution in [0.5, 0.6) is 0 Å². The Balaban J connectivity index is 3.54. The molecule has 0 aliphatic rings. The monoisotopic (exact) mass is 284 g/mol. The lowest BCUT2D eigenvalue weighted by molar-refractivity contribution is -0.138. The first-order chi connectivity index (χ1) is 5.07. The summed E-state index contributed by atoms with van der Waals surface area (Å²) >= 11 is 6.54. The van der Waals surface area contributed by atoms with Gasteiger partial charge in [0.25, 0.3) is 0 Å². The molecule has 0 aromatic carbocycles. The zero-order chi connectivity index (χ0) is 8.85. The van der Waals surface area contributed by atoms with E-state index < -0.39 is 0 Å². The van der Waals surface area contributed by atoms with E-state index in [1.54, 1.807) is 6.92 Å². The Morgan fingerprint density at radius 2 is 2.27 bits per heavy atom. The summed E-state index contributed by atoms with van der Waals surface area (Å²) in [6.07, 6.45) is 0. The molecule has 0 saturated carbocycles. The third kappa shape index (κ3) is 5.44. The topological polar surface area (TPSA) is 26.3 Å². The number of carbonyl (C=O) groups is 1. The van der Waals surface area contributed by atoms with Crippen LogP contribution < -0.4 is 0 Å². The van der Waals surface area contributed by atoms with Crippen molar-refractivity contribution >= 4 is 37.8 Å². The van der Waals surface area contributed by atoms with Crippen molar-refractivity contribution in [1.29, 1.82) is 0 Å². The van der Waals surface area contributed by atoms with E-state index in [1.807, 2.05) is 0 Å². The summed E-state index contributed by atoms with van der Waals surface area (Å²) in [4.78, 5) is 11.0. The number of halogens is 2. The van der Waals surface area contributed by atoms with Crippen molar-refractivity contribution in [3.63, 3.8) is 0 Å². The fourth-order valence-corrected chi connectivity index (χ4v) is 0.653. The predicted molar refractivity (Wildman–Crippen MR) is 52.3 cm³/mol. The Hall–Kier alpha value is 0.170. The van der Waals surface area contributed by atoms with Crippen LogP contribution in [0.4, 0.5) is 0 Å². The van der Waals surface area contributed by atoms with Gasteiger partial charge in [-0.05, 0) is 6.92 Å². The van der Waals surface area contributed by atoms with E-state index >= 15 is 0 Å². The Kier molecular flexibility index (Phi) is 5.86. The van der Waals surface area contributed by atoms with Gasteiger partial charge in [-0.1, -0.05) is 38.4 Å². The first-order valence-electron chi connectivity index (χ1n) is 3.10. The third-order valence-corrected chi connectivity index (χ3v) is 3.15. The third-order valence-electron chi connectivity index (χ3n) is 0.911. The van der Waals surface area contributed by atoms with Crippen LogP contribution in [0.2, 0.25) is 0 Å². The summed E-state index contributed by atoms with van der Waals surface area (Å²) in [6, 6.07) is 0. The van der Waals surface area contributed by atoms with Gasteiger partial charge in [0.15, 0.2) is 0 Å². The fraction of sp³-hybridized carbons (Fsp3) is 0.571. The molecule has 0 saturated heterocycles. The number of hydrogen-bond donors (Lipinski definition) is 0. The average Bonchev–Trinajstić information content (AvgIpc) is 1.99. The number of esters is 1. The smallest absolute Gasteiger partial charge is 0.333 e. The lowest BCUT2D eigenvalue weighted by Gasteiger charge is -2.06. The largest absolute Gasteiger partial charge is 0.461 e. The van der Waals surface area contributed by atoms with Crippen molar-refractivity contribution in [1.82, 2.24) is 0 Å². The Labute approximate surface area is 83.2 Å². The molecule has 0 fully saturated rings. The van der Waals surface area contributed by atoms with E-state index in [-0.39, 0.29) is 10.8 Å². The maximum absolute atomic E-state index is 10.8. The molecular weight excluding hydrogens is 276 g/mol. The summed E-state index contributed by atoms with van der Waals surface area (Å²) in [5.41, 5.74) is 0.430. The van der Waals surface area contributed by atoms with E-state index in [0.717, 1.165) is 5.33 Å². The van der Waals surface area contributed by atoms with Gasteiger partial charge in [0, 0.05) is 10.9 Å². The molecule has 0 aromatic heterocycles. The van der Waals surface area contributed by atoms with Gasteiger partial charge in [-0.15, -0.1) is 0 Å². The molecule has 0 bridgehead atoms. The average molecular weight is 286 g/mol. The Bertz CT molecular complexity index is 157. The summed E-state index contributed by atoms with van der Waals surface area (Å²) in [7, 11) is 0. The zero-order valence-corrected chi connectivity index (χ0v) is 9.44. The quantitative estimate of drug-likeness (QED) is 0.450. The van der Waals surface area contributed by atoms with Crippen LogP contribution in [0.15, 0.2) is 12.2 Å². The van der Waals surface area contributed by atoms with Gasteiger partial charge >= 0.3 is 5.97 Å². The first-order valence-corrected chi connectivity index (χ1v) is 5.14. The highest BCUT2D eigenvalue weighted by atomic mass is 79.9. The molecule has 1 atom stereocenters. The first kappa shape index (κ1) is 11.2. The number of rotatable bonds is 4. The van der Waals surface area contributed by atoms with E-state index in [1.165, 1.54) is 0 Å². The van der Waals surface area contributed by atoms with Gasteiger partial charge in [-0.25, -0.2) is 4.79 Å². The lowest BCUT2D eigenvalue weighted by Crippen LogP contribution is -2.14. The minimum atomic E-state index is -0.338. The predicted octanol–water partition coefficient (Wildman–Crippen LogP) is 2.26. The van der Waals surface area contributed by atoms with Crippen LogP contribution in [0.3, 0.4) is 0 Å². The summed E-state index contributed by atoms with van der Waals surface area (Å²) in [5.74, 6) is -0.338. The van der Waals surface area contributed by atoms with Crippen molar-refractivity contribution < 1.29 is 9.53 Å². The second-order valence-electron chi connectivity index (χ2n) is 2.13. The van der Waals surface area contributed by atoms with Crippen molar-refractivity contribution in [3.8, 4) is 0 Å². The van der Waals surface area contributed by atoms with Crippen molar-refractivity contribution in [2.24, 2.45) is 0 Å². The molecule has 2 nitrogen and oxygen atoms in total. The van der Waals surface area contributed by atoms with Gasteiger partial charge in [-0.2, -0.15) is 0 Å². The highest BCUT2D eigenvalue weighted by Crippen LogP contribution is 2.04. The molecule has 0 unspecified atom stereocenters. The number of ether oxygens (including phenoxy) is 1. The number of carbonyl (C=O) groups excluding carboxylic acids is 1. The number of hydrogen-bond acceptors (Lipinski definition) is 2. The van der Waals surface area contributed by atoms with E-state index in [4.69, 9.17) is 4.74 Å². The normalized spacial score (nSPS) is 12.3. The fourth-order valence-electron chi connectivity index (χ4n) is 0.334. The van der Waals surface area contributed by atoms with Crippen LogP contribution in [-0.2, 0) is 9.53 Å². The van der Waals surface area contributed by atoms with Crippen LogP contribution >= 0.6 is 31.9 Å². The summed E-state index contributed by atoms with van der Waals surface area (Å²) in [5, 5.41) is 0.760. The minimum absolute atomic E-state index is 0.172. The highest BCUT2D eigenvalue weighted by Gasteiger charge is 2.06. The van der Waals surface area contributed by atoms with E-state index in [2.05, 4.69) is 38.4 Å². The van der Waals surface area contributed by atoms with E-state index in [9.17, 15) is 4.79 Å². The molecule has 0 aromatic rings. The lowest BCUT2D eigenvalue weighted by atomic mass is 10.4. The SMILES string of the molecule is C=C(C)C(=O)OC[C@H](Br)CBr. The van der Waals surface area contributed by atoms with Crippen LogP contribution in [-0.4, -0.2) is 22.7 Å². The maximum atomic E-state index is 10.8. The minimum Gasteiger partial charge on any atom is -0.461 e. The molecule has 0 amide bonds. The van der Waals surface area contributed by atoms with Crippen LogP contribution in [0.1, 0.15) is 6.92 Å². The standard InChI is InChI=1S/C7H10Br2O2/c1-5(2)7(10)11-4-6(9)3-8/h6H,1,3-4H2,2H3/t6-/m1/s1.